The Morgan fingerprint density at radius 1 is 1.33 bits per heavy atom. The van der Waals surface area contributed by atoms with Crippen molar-refractivity contribution in [3.63, 3.8) is 0 Å². The lowest BCUT2D eigenvalue weighted by molar-refractivity contribution is 0.362. The normalized spacial score (nSPS) is 11.3. The Morgan fingerprint density at radius 3 is 2.87 bits per heavy atom. The molecule has 0 fully saturated rings. The number of benzene rings is 1. The molecule has 0 atom stereocenters. The Morgan fingerprint density at radius 2 is 2.13 bits per heavy atom. The SMILES string of the molecule is C/C=C/COc1ccccc1C=NCC. The van der Waals surface area contributed by atoms with Crippen molar-refractivity contribution < 1.29 is 4.74 Å². The first-order valence-electron chi connectivity index (χ1n) is 5.21. The van der Waals surface area contributed by atoms with Gasteiger partial charge in [-0.15, -0.1) is 0 Å². The summed E-state index contributed by atoms with van der Waals surface area (Å²) in [5, 5.41) is 0. The minimum absolute atomic E-state index is 0.605. The van der Waals surface area contributed by atoms with Crippen molar-refractivity contribution in [2.75, 3.05) is 13.2 Å². The molecule has 0 amide bonds. The van der Waals surface area contributed by atoms with Gasteiger partial charge in [0.15, 0.2) is 0 Å². The number of ether oxygens (including phenoxy) is 1. The van der Waals surface area contributed by atoms with Crippen LogP contribution in [0.4, 0.5) is 0 Å². The Hall–Kier alpha value is -1.57. The van der Waals surface area contributed by atoms with Crippen molar-refractivity contribution in [1.82, 2.24) is 0 Å². The maximum atomic E-state index is 5.60. The summed E-state index contributed by atoms with van der Waals surface area (Å²) in [6.45, 7) is 5.39. The third-order valence-electron chi connectivity index (χ3n) is 1.90. The lowest BCUT2D eigenvalue weighted by atomic mass is 10.2. The van der Waals surface area contributed by atoms with E-state index in [1.54, 1.807) is 0 Å². The number of aliphatic imine (C=N–C) groups is 1. The smallest absolute Gasteiger partial charge is 0.128 e. The van der Waals surface area contributed by atoms with Crippen LogP contribution in [-0.4, -0.2) is 19.4 Å². The van der Waals surface area contributed by atoms with Gasteiger partial charge >= 0.3 is 0 Å². The van der Waals surface area contributed by atoms with Gasteiger partial charge in [-0.3, -0.25) is 4.99 Å². The molecular weight excluding hydrogens is 186 g/mol. The molecule has 0 aliphatic heterocycles. The Bertz CT molecular complexity index is 342. The van der Waals surface area contributed by atoms with E-state index in [1.165, 1.54) is 0 Å². The zero-order valence-corrected chi connectivity index (χ0v) is 9.31. The van der Waals surface area contributed by atoms with Crippen molar-refractivity contribution in [3.8, 4) is 5.75 Å². The second kappa shape index (κ2) is 6.82. The molecule has 2 heteroatoms. The van der Waals surface area contributed by atoms with Crippen LogP contribution in [0.2, 0.25) is 0 Å². The van der Waals surface area contributed by atoms with Crippen LogP contribution in [0.25, 0.3) is 0 Å². The third-order valence-corrected chi connectivity index (χ3v) is 1.90. The van der Waals surface area contributed by atoms with Gasteiger partial charge < -0.3 is 4.74 Å². The molecule has 0 saturated heterocycles. The quantitative estimate of drug-likeness (QED) is 0.532. The number of para-hydroxylation sites is 1. The average Bonchev–Trinajstić information content (AvgIpc) is 2.28. The van der Waals surface area contributed by atoms with E-state index in [9.17, 15) is 0 Å². The van der Waals surface area contributed by atoms with Crippen LogP contribution < -0.4 is 4.74 Å². The van der Waals surface area contributed by atoms with Crippen LogP contribution >= 0.6 is 0 Å². The largest absolute Gasteiger partial charge is 0.489 e. The molecule has 2 nitrogen and oxygen atoms in total. The second-order valence-corrected chi connectivity index (χ2v) is 3.05. The molecule has 1 aromatic carbocycles. The van der Waals surface area contributed by atoms with Gasteiger partial charge in [-0.1, -0.05) is 24.3 Å². The number of hydrogen-bond donors (Lipinski definition) is 0. The van der Waals surface area contributed by atoms with Crippen molar-refractivity contribution in [1.29, 1.82) is 0 Å². The molecular formula is C13H17NO. The summed E-state index contributed by atoms with van der Waals surface area (Å²) in [6.07, 6.45) is 5.81. The van der Waals surface area contributed by atoms with Gasteiger partial charge in [0, 0.05) is 18.3 Å². The number of rotatable bonds is 5. The molecule has 0 saturated carbocycles. The highest BCUT2D eigenvalue weighted by molar-refractivity contribution is 5.83. The van der Waals surface area contributed by atoms with Gasteiger partial charge in [-0.25, -0.2) is 0 Å². The first-order chi connectivity index (χ1) is 7.38. The summed E-state index contributed by atoms with van der Waals surface area (Å²) in [5.41, 5.74) is 1.03. The van der Waals surface area contributed by atoms with Crippen LogP contribution in [0.3, 0.4) is 0 Å². The van der Waals surface area contributed by atoms with E-state index in [0.29, 0.717) is 6.61 Å². The minimum Gasteiger partial charge on any atom is -0.489 e. The standard InChI is InChI=1S/C13H17NO/c1-3-5-10-15-13-9-7-6-8-12(13)11-14-4-2/h3,5-9,11H,4,10H2,1-2H3/b5-3+,14-11?. The topological polar surface area (TPSA) is 21.6 Å². The van der Waals surface area contributed by atoms with Crippen molar-refractivity contribution >= 4 is 6.21 Å². The van der Waals surface area contributed by atoms with Crippen LogP contribution in [-0.2, 0) is 0 Å². The fraction of sp³-hybridized carbons (Fsp3) is 0.308. The zero-order chi connectivity index (χ0) is 10.9. The van der Waals surface area contributed by atoms with Crippen LogP contribution in [0, 0.1) is 0 Å². The molecule has 0 bridgehead atoms. The predicted molar refractivity (Wildman–Crippen MR) is 64.9 cm³/mol. The molecule has 1 rings (SSSR count). The molecule has 0 heterocycles. The number of allylic oxidation sites excluding steroid dienone is 1. The predicted octanol–water partition coefficient (Wildman–Crippen LogP) is 3.08. The molecule has 0 radical (unpaired) electrons. The summed E-state index contributed by atoms with van der Waals surface area (Å²) in [4.78, 5) is 4.21. The maximum Gasteiger partial charge on any atom is 0.128 e. The molecule has 0 aliphatic carbocycles. The number of nitrogens with zero attached hydrogens (tertiary/aromatic N) is 1. The third kappa shape index (κ3) is 3.98. The Balaban J connectivity index is 2.72. The molecule has 0 N–H and O–H groups in total. The fourth-order valence-electron chi connectivity index (χ4n) is 1.14. The van der Waals surface area contributed by atoms with E-state index < -0.39 is 0 Å². The average molecular weight is 203 g/mol. The summed E-state index contributed by atoms with van der Waals surface area (Å²) in [5.74, 6) is 0.882. The first-order valence-corrected chi connectivity index (χ1v) is 5.21. The van der Waals surface area contributed by atoms with Crippen molar-refractivity contribution in [2.24, 2.45) is 4.99 Å². The van der Waals surface area contributed by atoms with Crippen LogP contribution in [0.15, 0.2) is 41.4 Å². The molecule has 0 aromatic heterocycles. The highest BCUT2D eigenvalue weighted by Gasteiger charge is 1.97. The van der Waals surface area contributed by atoms with Gasteiger partial charge in [0.2, 0.25) is 0 Å². The van der Waals surface area contributed by atoms with E-state index in [4.69, 9.17) is 4.74 Å². The molecule has 1 aromatic rings. The van der Waals surface area contributed by atoms with Gasteiger partial charge in [0.25, 0.3) is 0 Å². The summed E-state index contributed by atoms with van der Waals surface area (Å²) in [6, 6.07) is 7.92. The second-order valence-electron chi connectivity index (χ2n) is 3.05. The van der Waals surface area contributed by atoms with Gasteiger partial charge in [0.05, 0.1) is 0 Å². The molecule has 15 heavy (non-hydrogen) atoms. The summed E-state index contributed by atoms with van der Waals surface area (Å²) < 4.78 is 5.60. The van der Waals surface area contributed by atoms with Gasteiger partial charge in [0.1, 0.15) is 12.4 Å². The molecule has 80 valence electrons. The van der Waals surface area contributed by atoms with Crippen LogP contribution in [0.1, 0.15) is 19.4 Å². The zero-order valence-electron chi connectivity index (χ0n) is 9.31. The van der Waals surface area contributed by atoms with Crippen molar-refractivity contribution in [2.45, 2.75) is 13.8 Å². The monoisotopic (exact) mass is 203 g/mol. The summed E-state index contributed by atoms with van der Waals surface area (Å²) >= 11 is 0. The van der Waals surface area contributed by atoms with Gasteiger partial charge in [-0.2, -0.15) is 0 Å². The lowest BCUT2D eigenvalue weighted by Gasteiger charge is -2.05. The highest BCUT2D eigenvalue weighted by atomic mass is 16.5. The minimum atomic E-state index is 0.605. The molecule has 0 spiro atoms. The lowest BCUT2D eigenvalue weighted by Crippen LogP contribution is -1.97. The maximum absolute atomic E-state index is 5.60. The fourth-order valence-corrected chi connectivity index (χ4v) is 1.14. The Labute approximate surface area is 91.3 Å². The highest BCUT2D eigenvalue weighted by Crippen LogP contribution is 2.15. The van der Waals surface area contributed by atoms with Crippen LogP contribution in [0.5, 0.6) is 5.75 Å². The van der Waals surface area contributed by atoms with Gasteiger partial charge in [-0.05, 0) is 26.0 Å². The molecule has 0 aliphatic rings. The van der Waals surface area contributed by atoms with Crippen molar-refractivity contribution in [3.05, 3.63) is 42.0 Å². The van der Waals surface area contributed by atoms with E-state index in [1.807, 2.05) is 56.5 Å². The van der Waals surface area contributed by atoms with E-state index in [2.05, 4.69) is 4.99 Å². The van der Waals surface area contributed by atoms with E-state index >= 15 is 0 Å². The van der Waals surface area contributed by atoms with E-state index in [0.717, 1.165) is 17.9 Å². The number of hydrogen-bond acceptors (Lipinski definition) is 2. The summed E-state index contributed by atoms with van der Waals surface area (Å²) in [7, 11) is 0. The first kappa shape index (κ1) is 11.5. The van der Waals surface area contributed by atoms with E-state index in [-0.39, 0.29) is 0 Å². The Kier molecular flexibility index (Phi) is 5.23. The molecule has 0 unspecified atom stereocenters.